The predicted octanol–water partition coefficient (Wildman–Crippen LogP) is 1.80. The van der Waals surface area contributed by atoms with Gasteiger partial charge in [-0.15, -0.1) is 0 Å². The van der Waals surface area contributed by atoms with Crippen LogP contribution in [0.15, 0.2) is 12.3 Å². The summed E-state index contributed by atoms with van der Waals surface area (Å²) in [5, 5.41) is 0. The molecule has 0 unspecified atom stereocenters. The van der Waals surface area contributed by atoms with Gasteiger partial charge in [-0.3, -0.25) is 0 Å². The molecular weight excluding hydrogens is 100 g/mol. The molecule has 8 heavy (non-hydrogen) atoms. The topological polar surface area (TPSA) is 9.23 Å². The fourth-order valence-electron chi connectivity index (χ4n) is 0.862. The van der Waals surface area contributed by atoms with Crippen molar-refractivity contribution in [3.63, 3.8) is 0 Å². The van der Waals surface area contributed by atoms with Gasteiger partial charge in [-0.2, -0.15) is 0 Å². The molecule has 1 heterocycles. The van der Waals surface area contributed by atoms with Gasteiger partial charge in [-0.1, -0.05) is 20.4 Å². The maximum Gasteiger partial charge on any atom is 0.0978 e. The van der Waals surface area contributed by atoms with E-state index in [1.165, 1.54) is 0 Å². The average molecular weight is 112 g/mol. The minimum absolute atomic E-state index is 0.634. The van der Waals surface area contributed by atoms with E-state index >= 15 is 0 Å². The molecule has 0 aromatic heterocycles. The van der Waals surface area contributed by atoms with Crippen molar-refractivity contribution in [1.29, 1.82) is 0 Å². The monoisotopic (exact) mass is 112 g/mol. The van der Waals surface area contributed by atoms with Crippen LogP contribution in [-0.4, -0.2) is 6.61 Å². The molecule has 1 aliphatic heterocycles. The third-order valence-electron chi connectivity index (χ3n) is 1.67. The maximum absolute atomic E-state index is 5.01. The van der Waals surface area contributed by atoms with Gasteiger partial charge in [-0.05, 0) is 5.92 Å². The molecule has 0 saturated carbocycles. The van der Waals surface area contributed by atoms with E-state index in [1.54, 1.807) is 0 Å². The Balaban J connectivity index is 2.37. The van der Waals surface area contributed by atoms with Crippen LogP contribution < -0.4 is 0 Å². The van der Waals surface area contributed by atoms with Crippen LogP contribution in [0.5, 0.6) is 0 Å². The lowest BCUT2D eigenvalue weighted by Crippen LogP contribution is -2.28. The van der Waals surface area contributed by atoms with E-state index in [4.69, 9.17) is 4.74 Å². The van der Waals surface area contributed by atoms with Crippen molar-refractivity contribution in [2.75, 3.05) is 6.61 Å². The first-order valence-electron chi connectivity index (χ1n) is 3.03. The minimum atomic E-state index is 0.634. The zero-order valence-electron chi connectivity index (χ0n) is 5.48. The molecule has 0 N–H and O–H groups in total. The molecule has 0 aromatic rings. The molecular formula is C7H12O. The lowest BCUT2D eigenvalue weighted by atomic mass is 9.92. The van der Waals surface area contributed by atoms with Crippen LogP contribution >= 0.6 is 0 Å². The molecule has 46 valence electrons. The van der Waals surface area contributed by atoms with E-state index in [2.05, 4.69) is 20.4 Å². The predicted molar refractivity (Wildman–Crippen MR) is 33.4 cm³/mol. The molecule has 0 radical (unpaired) electrons. The molecule has 0 amide bonds. The van der Waals surface area contributed by atoms with Crippen molar-refractivity contribution in [2.45, 2.75) is 13.8 Å². The zero-order chi connectivity index (χ0) is 6.15. The van der Waals surface area contributed by atoms with Gasteiger partial charge in [0.1, 0.15) is 0 Å². The van der Waals surface area contributed by atoms with Crippen LogP contribution in [0.1, 0.15) is 13.8 Å². The first kappa shape index (κ1) is 5.67. The number of hydrogen-bond acceptors (Lipinski definition) is 1. The molecule has 1 fully saturated rings. The largest absolute Gasteiger partial charge is 0.497 e. The highest BCUT2D eigenvalue weighted by Crippen LogP contribution is 2.29. The van der Waals surface area contributed by atoms with Crippen molar-refractivity contribution < 1.29 is 4.74 Å². The zero-order valence-corrected chi connectivity index (χ0v) is 5.48. The molecule has 1 nitrogen and oxygen atoms in total. The lowest BCUT2D eigenvalue weighted by Gasteiger charge is -2.32. The third-order valence-corrected chi connectivity index (χ3v) is 1.67. The molecule has 0 bridgehead atoms. The van der Waals surface area contributed by atoms with Gasteiger partial charge in [0.25, 0.3) is 0 Å². The van der Waals surface area contributed by atoms with Gasteiger partial charge in [-0.25, -0.2) is 0 Å². The van der Waals surface area contributed by atoms with Gasteiger partial charge < -0.3 is 4.74 Å². The van der Waals surface area contributed by atoms with Crippen LogP contribution in [0, 0.1) is 11.8 Å². The normalized spacial score (nSPS) is 27.4. The van der Waals surface area contributed by atoms with Crippen molar-refractivity contribution in [3.8, 4) is 0 Å². The summed E-state index contributed by atoms with van der Waals surface area (Å²) in [5.41, 5.74) is 0. The van der Waals surface area contributed by atoms with E-state index in [1.807, 2.05) is 0 Å². The maximum atomic E-state index is 5.01. The lowest BCUT2D eigenvalue weighted by molar-refractivity contribution is 0.0252. The minimum Gasteiger partial charge on any atom is -0.497 e. The van der Waals surface area contributed by atoms with E-state index in [-0.39, 0.29) is 0 Å². The van der Waals surface area contributed by atoms with Gasteiger partial charge in [0.15, 0.2) is 0 Å². The molecule has 0 aliphatic carbocycles. The van der Waals surface area contributed by atoms with Crippen LogP contribution in [0.25, 0.3) is 0 Å². The van der Waals surface area contributed by atoms with Crippen LogP contribution in [0.4, 0.5) is 0 Å². The summed E-state index contributed by atoms with van der Waals surface area (Å²) in [7, 11) is 0. The standard InChI is InChI=1S/C7H12O/c1-5(2)7-4-8-6(7)3/h5,7H,3-4H2,1-2H3/t7-/m1/s1. The highest BCUT2D eigenvalue weighted by molar-refractivity contribution is 5.00. The molecule has 0 aromatic carbocycles. The van der Waals surface area contributed by atoms with Crippen molar-refractivity contribution in [3.05, 3.63) is 12.3 Å². The van der Waals surface area contributed by atoms with E-state index in [0.717, 1.165) is 12.4 Å². The number of hydrogen-bond donors (Lipinski definition) is 0. The Morgan fingerprint density at radius 2 is 2.38 bits per heavy atom. The summed E-state index contributed by atoms with van der Waals surface area (Å²) in [4.78, 5) is 0. The van der Waals surface area contributed by atoms with E-state index < -0.39 is 0 Å². The number of ether oxygens (including phenoxy) is 1. The molecule has 1 atom stereocenters. The second-order valence-corrected chi connectivity index (χ2v) is 2.63. The Morgan fingerprint density at radius 1 is 1.75 bits per heavy atom. The Bertz CT molecular complexity index is 105. The van der Waals surface area contributed by atoms with E-state index in [9.17, 15) is 0 Å². The Hall–Kier alpha value is -0.460. The Kier molecular flexibility index (Phi) is 1.28. The summed E-state index contributed by atoms with van der Waals surface area (Å²) >= 11 is 0. The quantitative estimate of drug-likeness (QED) is 0.502. The Labute approximate surface area is 50.3 Å². The summed E-state index contributed by atoms with van der Waals surface area (Å²) in [5.74, 6) is 2.31. The molecule has 1 heteroatoms. The average Bonchev–Trinajstić information content (AvgIpc) is 1.61. The second-order valence-electron chi connectivity index (χ2n) is 2.63. The van der Waals surface area contributed by atoms with Gasteiger partial charge in [0, 0.05) is 0 Å². The Morgan fingerprint density at radius 3 is 2.38 bits per heavy atom. The van der Waals surface area contributed by atoms with Crippen molar-refractivity contribution in [1.82, 2.24) is 0 Å². The van der Waals surface area contributed by atoms with Crippen molar-refractivity contribution in [2.24, 2.45) is 11.8 Å². The first-order chi connectivity index (χ1) is 3.72. The smallest absolute Gasteiger partial charge is 0.0978 e. The molecule has 1 saturated heterocycles. The summed E-state index contributed by atoms with van der Waals surface area (Å²) < 4.78 is 5.01. The van der Waals surface area contributed by atoms with Gasteiger partial charge >= 0.3 is 0 Å². The summed E-state index contributed by atoms with van der Waals surface area (Å²) in [6, 6.07) is 0. The fraction of sp³-hybridized carbons (Fsp3) is 0.714. The fourth-order valence-corrected chi connectivity index (χ4v) is 0.862. The number of rotatable bonds is 1. The highest BCUT2D eigenvalue weighted by atomic mass is 16.5. The van der Waals surface area contributed by atoms with E-state index in [0.29, 0.717) is 11.8 Å². The summed E-state index contributed by atoms with van der Waals surface area (Å²) in [6.45, 7) is 9.01. The van der Waals surface area contributed by atoms with Crippen molar-refractivity contribution >= 4 is 0 Å². The molecule has 1 aliphatic rings. The van der Waals surface area contributed by atoms with Crippen LogP contribution in [-0.2, 0) is 4.74 Å². The highest BCUT2D eigenvalue weighted by Gasteiger charge is 2.26. The third kappa shape index (κ3) is 0.726. The second kappa shape index (κ2) is 1.81. The van der Waals surface area contributed by atoms with Crippen LogP contribution in [0.2, 0.25) is 0 Å². The van der Waals surface area contributed by atoms with Crippen LogP contribution in [0.3, 0.4) is 0 Å². The molecule has 0 spiro atoms. The SMILES string of the molecule is C=C1OC[C@@H]1C(C)C. The van der Waals surface area contributed by atoms with Gasteiger partial charge in [0.05, 0.1) is 18.3 Å². The molecule has 1 rings (SSSR count). The first-order valence-corrected chi connectivity index (χ1v) is 3.03. The van der Waals surface area contributed by atoms with Gasteiger partial charge in [0.2, 0.25) is 0 Å². The summed E-state index contributed by atoms with van der Waals surface area (Å²) in [6.07, 6.45) is 0.